The van der Waals surface area contributed by atoms with E-state index >= 15 is 0 Å². The average Bonchev–Trinajstić information content (AvgIpc) is 2.60. The number of benzene rings is 1. The molecule has 0 spiro atoms. The summed E-state index contributed by atoms with van der Waals surface area (Å²) in [5, 5.41) is 4.02. The Balaban J connectivity index is 2.55. The number of nitrogen functional groups attached to an aromatic ring is 1. The zero-order valence-corrected chi connectivity index (χ0v) is 8.69. The molecule has 1 aromatic heterocycles. The van der Waals surface area contributed by atoms with Gasteiger partial charge in [0, 0.05) is 24.5 Å². The van der Waals surface area contributed by atoms with Crippen molar-refractivity contribution < 1.29 is 8.78 Å². The maximum absolute atomic E-state index is 12.7. The highest BCUT2D eigenvalue weighted by Gasteiger charge is 2.18. The maximum Gasteiger partial charge on any atom is 0.267 e. The van der Waals surface area contributed by atoms with Gasteiger partial charge in [-0.15, -0.1) is 0 Å². The number of alkyl halides is 2. The predicted molar refractivity (Wildman–Crippen MR) is 58.0 cm³/mol. The first-order valence-electron chi connectivity index (χ1n) is 4.75. The lowest BCUT2D eigenvalue weighted by molar-refractivity contribution is 0.152. The molecule has 0 aliphatic rings. The molecule has 0 atom stereocenters. The molecule has 1 heterocycles. The summed E-state index contributed by atoms with van der Waals surface area (Å²) in [7, 11) is 1.61. The summed E-state index contributed by atoms with van der Waals surface area (Å²) in [6.45, 7) is 0. The van der Waals surface area contributed by atoms with Gasteiger partial charge in [-0.2, -0.15) is 5.10 Å². The first-order chi connectivity index (χ1) is 7.58. The van der Waals surface area contributed by atoms with Crippen molar-refractivity contribution in [2.24, 2.45) is 7.05 Å². The molecule has 1 aromatic carbocycles. The van der Waals surface area contributed by atoms with Crippen LogP contribution in [0.1, 0.15) is 12.0 Å². The van der Waals surface area contributed by atoms with Gasteiger partial charge in [-0.25, -0.2) is 8.78 Å². The third-order valence-corrected chi connectivity index (χ3v) is 2.25. The van der Waals surface area contributed by atoms with Crippen LogP contribution < -0.4 is 5.73 Å². The highest BCUT2D eigenvalue weighted by molar-refractivity contribution is 5.66. The van der Waals surface area contributed by atoms with Crippen LogP contribution in [0.4, 0.5) is 14.5 Å². The fourth-order valence-corrected chi connectivity index (χ4v) is 1.58. The van der Waals surface area contributed by atoms with E-state index in [-0.39, 0.29) is 11.3 Å². The second kappa shape index (κ2) is 3.92. The van der Waals surface area contributed by atoms with E-state index in [0.29, 0.717) is 11.3 Å². The molecule has 0 amide bonds. The van der Waals surface area contributed by atoms with Crippen molar-refractivity contribution in [2.45, 2.75) is 6.43 Å². The molecule has 0 unspecified atom stereocenters. The first kappa shape index (κ1) is 10.6. The molecular weight excluding hydrogens is 212 g/mol. The van der Waals surface area contributed by atoms with Gasteiger partial charge in [-0.05, 0) is 12.1 Å². The number of nitrogens with zero attached hydrogens (tertiary/aromatic N) is 2. The molecule has 2 N–H and O–H groups in total. The van der Waals surface area contributed by atoms with Crippen molar-refractivity contribution in [3.05, 3.63) is 36.0 Å². The molecule has 0 aliphatic heterocycles. The van der Waals surface area contributed by atoms with Crippen molar-refractivity contribution in [3.8, 4) is 11.3 Å². The highest BCUT2D eigenvalue weighted by atomic mass is 19.3. The number of halogens is 2. The Morgan fingerprint density at radius 3 is 2.75 bits per heavy atom. The van der Waals surface area contributed by atoms with Crippen molar-refractivity contribution in [1.29, 1.82) is 0 Å². The van der Waals surface area contributed by atoms with E-state index in [4.69, 9.17) is 5.73 Å². The largest absolute Gasteiger partial charge is 0.399 e. The van der Waals surface area contributed by atoms with Crippen LogP contribution in [-0.4, -0.2) is 9.78 Å². The van der Waals surface area contributed by atoms with Gasteiger partial charge in [0.25, 0.3) is 6.43 Å². The van der Waals surface area contributed by atoms with Crippen LogP contribution in [-0.2, 0) is 7.05 Å². The second-order valence-electron chi connectivity index (χ2n) is 3.53. The zero-order valence-electron chi connectivity index (χ0n) is 8.69. The molecule has 5 heteroatoms. The molecule has 0 bridgehead atoms. The Kier molecular flexibility index (Phi) is 2.60. The lowest BCUT2D eigenvalue weighted by atomic mass is 10.1. The van der Waals surface area contributed by atoms with Crippen molar-refractivity contribution in [3.63, 3.8) is 0 Å². The zero-order chi connectivity index (χ0) is 11.7. The summed E-state index contributed by atoms with van der Waals surface area (Å²) in [5.74, 6) is 0. The van der Waals surface area contributed by atoms with Crippen LogP contribution in [0.25, 0.3) is 11.3 Å². The number of rotatable bonds is 2. The molecule has 3 nitrogen and oxygen atoms in total. The highest BCUT2D eigenvalue weighted by Crippen LogP contribution is 2.30. The standard InChI is InChI=1S/C11H11F2N3/c1-16-6-9(11(12)13)10(15-16)7-3-2-4-8(14)5-7/h2-6,11H,14H2,1H3. The summed E-state index contributed by atoms with van der Waals surface area (Å²) in [5.41, 5.74) is 6.95. The third kappa shape index (κ3) is 1.88. The maximum atomic E-state index is 12.7. The van der Waals surface area contributed by atoms with Crippen LogP contribution in [0.15, 0.2) is 30.5 Å². The number of hydrogen-bond acceptors (Lipinski definition) is 2. The number of nitrogens with two attached hydrogens (primary N) is 1. The first-order valence-corrected chi connectivity index (χ1v) is 4.75. The number of aromatic nitrogens is 2. The van der Waals surface area contributed by atoms with Gasteiger partial charge in [-0.1, -0.05) is 12.1 Å². The molecule has 2 aromatic rings. The molecule has 0 radical (unpaired) electrons. The van der Waals surface area contributed by atoms with Gasteiger partial charge < -0.3 is 5.73 Å². The van der Waals surface area contributed by atoms with Crippen LogP contribution in [0.5, 0.6) is 0 Å². The summed E-state index contributed by atoms with van der Waals surface area (Å²) in [6.07, 6.45) is -1.21. The van der Waals surface area contributed by atoms with E-state index in [9.17, 15) is 8.78 Å². The number of aryl methyl sites for hydroxylation is 1. The molecule has 0 aliphatic carbocycles. The predicted octanol–water partition coefficient (Wildman–Crippen LogP) is 2.61. The third-order valence-electron chi connectivity index (χ3n) is 2.25. The van der Waals surface area contributed by atoms with Gasteiger partial charge >= 0.3 is 0 Å². The van der Waals surface area contributed by atoms with Gasteiger partial charge in [0.2, 0.25) is 0 Å². The molecule has 0 fully saturated rings. The van der Waals surface area contributed by atoms with E-state index in [0.717, 1.165) is 0 Å². The Hall–Kier alpha value is -1.91. The SMILES string of the molecule is Cn1cc(C(F)F)c(-c2cccc(N)c2)n1. The van der Waals surface area contributed by atoms with E-state index in [1.807, 2.05) is 0 Å². The molecule has 0 saturated heterocycles. The minimum atomic E-state index is -2.54. The fraction of sp³-hybridized carbons (Fsp3) is 0.182. The van der Waals surface area contributed by atoms with Crippen LogP contribution in [0.3, 0.4) is 0 Å². The van der Waals surface area contributed by atoms with Crippen molar-refractivity contribution in [2.75, 3.05) is 5.73 Å². The van der Waals surface area contributed by atoms with Crippen molar-refractivity contribution in [1.82, 2.24) is 9.78 Å². The molecule has 2 rings (SSSR count). The van der Waals surface area contributed by atoms with E-state index in [1.165, 1.54) is 10.9 Å². The Labute approximate surface area is 91.5 Å². The smallest absolute Gasteiger partial charge is 0.267 e. The average molecular weight is 223 g/mol. The van der Waals surface area contributed by atoms with E-state index < -0.39 is 6.43 Å². The Morgan fingerprint density at radius 1 is 1.38 bits per heavy atom. The molecular formula is C11H11F2N3. The number of hydrogen-bond donors (Lipinski definition) is 1. The number of anilines is 1. The minimum absolute atomic E-state index is 0.0758. The van der Waals surface area contributed by atoms with Gasteiger partial charge in [0.15, 0.2) is 0 Å². The molecule has 84 valence electrons. The Morgan fingerprint density at radius 2 is 2.12 bits per heavy atom. The Bertz CT molecular complexity index is 506. The van der Waals surface area contributed by atoms with Crippen LogP contribution in [0, 0.1) is 0 Å². The second-order valence-corrected chi connectivity index (χ2v) is 3.53. The lowest BCUT2D eigenvalue weighted by Crippen LogP contribution is -1.90. The fourth-order valence-electron chi connectivity index (χ4n) is 1.58. The lowest BCUT2D eigenvalue weighted by Gasteiger charge is -2.02. The topological polar surface area (TPSA) is 43.8 Å². The summed E-state index contributed by atoms with van der Waals surface area (Å²) < 4.78 is 26.9. The summed E-state index contributed by atoms with van der Waals surface area (Å²) in [6, 6.07) is 6.77. The van der Waals surface area contributed by atoms with Gasteiger partial charge in [-0.3, -0.25) is 4.68 Å². The monoisotopic (exact) mass is 223 g/mol. The normalized spacial score (nSPS) is 11.0. The summed E-state index contributed by atoms with van der Waals surface area (Å²) >= 11 is 0. The molecule has 0 saturated carbocycles. The van der Waals surface area contributed by atoms with E-state index in [2.05, 4.69) is 5.10 Å². The van der Waals surface area contributed by atoms with Gasteiger partial charge in [0.05, 0.1) is 5.56 Å². The van der Waals surface area contributed by atoms with E-state index in [1.54, 1.807) is 31.3 Å². The van der Waals surface area contributed by atoms with Gasteiger partial charge in [0.1, 0.15) is 5.69 Å². The van der Waals surface area contributed by atoms with Crippen molar-refractivity contribution >= 4 is 5.69 Å². The van der Waals surface area contributed by atoms with Crippen LogP contribution >= 0.6 is 0 Å². The molecule has 16 heavy (non-hydrogen) atoms. The quantitative estimate of drug-likeness (QED) is 0.795. The van der Waals surface area contributed by atoms with Crippen LogP contribution in [0.2, 0.25) is 0 Å². The minimum Gasteiger partial charge on any atom is -0.399 e. The summed E-state index contributed by atoms with van der Waals surface area (Å²) in [4.78, 5) is 0.